The SMILES string of the molecule is COc1cccc2c1CCC21CCO1. The maximum absolute atomic E-state index is 5.75. The summed E-state index contributed by atoms with van der Waals surface area (Å²) in [6.45, 7) is 0.913. The van der Waals surface area contributed by atoms with E-state index in [-0.39, 0.29) is 5.60 Å². The maximum atomic E-state index is 5.75. The highest BCUT2D eigenvalue weighted by molar-refractivity contribution is 5.47. The Morgan fingerprint density at radius 2 is 2.21 bits per heavy atom. The van der Waals surface area contributed by atoms with Crippen LogP contribution >= 0.6 is 0 Å². The van der Waals surface area contributed by atoms with Gasteiger partial charge in [0.25, 0.3) is 0 Å². The Balaban J connectivity index is 2.11. The molecular weight excluding hydrogens is 176 g/mol. The van der Waals surface area contributed by atoms with Crippen molar-refractivity contribution in [2.24, 2.45) is 0 Å². The minimum absolute atomic E-state index is 0.0594. The summed E-state index contributed by atoms with van der Waals surface area (Å²) in [4.78, 5) is 0. The summed E-state index contributed by atoms with van der Waals surface area (Å²) in [5.74, 6) is 1.02. The first-order valence-electron chi connectivity index (χ1n) is 5.16. The fraction of sp³-hybridized carbons (Fsp3) is 0.500. The molecule has 14 heavy (non-hydrogen) atoms. The molecule has 2 aliphatic rings. The highest BCUT2D eigenvalue weighted by Gasteiger charge is 2.45. The molecule has 0 radical (unpaired) electrons. The molecule has 2 heteroatoms. The molecule has 1 aromatic rings. The maximum Gasteiger partial charge on any atom is 0.122 e. The van der Waals surface area contributed by atoms with E-state index < -0.39 is 0 Å². The van der Waals surface area contributed by atoms with Crippen LogP contribution in [0.1, 0.15) is 24.0 Å². The summed E-state index contributed by atoms with van der Waals surface area (Å²) in [5, 5.41) is 0. The molecule has 3 rings (SSSR count). The van der Waals surface area contributed by atoms with Crippen molar-refractivity contribution in [1.29, 1.82) is 0 Å². The molecule has 1 heterocycles. The lowest BCUT2D eigenvalue weighted by Gasteiger charge is -2.39. The smallest absolute Gasteiger partial charge is 0.122 e. The van der Waals surface area contributed by atoms with Gasteiger partial charge in [0.2, 0.25) is 0 Å². The number of methoxy groups -OCH3 is 1. The van der Waals surface area contributed by atoms with Gasteiger partial charge < -0.3 is 9.47 Å². The zero-order chi connectivity index (χ0) is 9.60. The van der Waals surface area contributed by atoms with Crippen molar-refractivity contribution in [2.75, 3.05) is 13.7 Å². The molecule has 0 aromatic heterocycles. The standard InChI is InChI=1S/C12H14O2/c1-13-11-4-2-3-10-9(11)5-6-12(10)7-8-14-12/h2-4H,5-8H2,1H3. The van der Waals surface area contributed by atoms with Gasteiger partial charge in [-0.15, -0.1) is 0 Å². The van der Waals surface area contributed by atoms with Gasteiger partial charge in [0.1, 0.15) is 5.75 Å². The molecule has 1 aromatic carbocycles. The first-order chi connectivity index (χ1) is 6.86. The second-order valence-corrected chi connectivity index (χ2v) is 4.08. The van der Waals surface area contributed by atoms with Crippen molar-refractivity contribution in [3.8, 4) is 5.75 Å². The lowest BCUT2D eigenvalue weighted by Crippen LogP contribution is -2.38. The molecule has 74 valence electrons. The summed E-state index contributed by atoms with van der Waals surface area (Å²) in [6, 6.07) is 6.28. The molecule has 1 spiro atoms. The number of benzene rings is 1. The van der Waals surface area contributed by atoms with Crippen LogP contribution in [-0.2, 0) is 16.8 Å². The summed E-state index contributed by atoms with van der Waals surface area (Å²) in [5.41, 5.74) is 2.78. The largest absolute Gasteiger partial charge is 0.496 e. The molecule has 1 fully saturated rings. The Morgan fingerprint density at radius 3 is 2.86 bits per heavy atom. The highest BCUT2D eigenvalue weighted by atomic mass is 16.5. The number of hydrogen-bond acceptors (Lipinski definition) is 2. The van der Waals surface area contributed by atoms with Gasteiger partial charge in [-0.05, 0) is 24.5 Å². The molecule has 1 aliphatic heterocycles. The zero-order valence-electron chi connectivity index (χ0n) is 8.38. The molecule has 0 bridgehead atoms. The van der Waals surface area contributed by atoms with E-state index in [4.69, 9.17) is 9.47 Å². The first-order valence-corrected chi connectivity index (χ1v) is 5.16. The lowest BCUT2D eigenvalue weighted by atomic mass is 9.88. The Kier molecular flexibility index (Phi) is 1.62. The normalized spacial score (nSPS) is 28.6. The van der Waals surface area contributed by atoms with E-state index >= 15 is 0 Å². The van der Waals surface area contributed by atoms with E-state index in [1.165, 1.54) is 17.5 Å². The Hall–Kier alpha value is -1.02. The van der Waals surface area contributed by atoms with Crippen molar-refractivity contribution >= 4 is 0 Å². The van der Waals surface area contributed by atoms with Crippen LogP contribution in [0.2, 0.25) is 0 Å². The topological polar surface area (TPSA) is 18.5 Å². The van der Waals surface area contributed by atoms with Crippen molar-refractivity contribution < 1.29 is 9.47 Å². The van der Waals surface area contributed by atoms with E-state index in [1.807, 2.05) is 6.07 Å². The van der Waals surface area contributed by atoms with Gasteiger partial charge in [0.15, 0.2) is 0 Å². The molecule has 1 unspecified atom stereocenters. The third-order valence-electron chi connectivity index (χ3n) is 3.51. The van der Waals surface area contributed by atoms with Crippen molar-refractivity contribution in [3.05, 3.63) is 29.3 Å². The molecular formula is C12H14O2. The quantitative estimate of drug-likeness (QED) is 0.676. The molecule has 0 N–H and O–H groups in total. The average Bonchev–Trinajstić information content (AvgIpc) is 2.55. The summed E-state index contributed by atoms with van der Waals surface area (Å²) < 4.78 is 11.1. The van der Waals surface area contributed by atoms with Crippen molar-refractivity contribution in [2.45, 2.75) is 24.9 Å². The van der Waals surface area contributed by atoms with Crippen LogP contribution in [0, 0.1) is 0 Å². The van der Waals surface area contributed by atoms with Crippen LogP contribution in [0.4, 0.5) is 0 Å². The van der Waals surface area contributed by atoms with Gasteiger partial charge in [0, 0.05) is 12.0 Å². The van der Waals surface area contributed by atoms with Gasteiger partial charge in [-0.3, -0.25) is 0 Å². The van der Waals surface area contributed by atoms with Crippen LogP contribution < -0.4 is 4.74 Å². The predicted molar refractivity (Wildman–Crippen MR) is 53.6 cm³/mol. The van der Waals surface area contributed by atoms with Crippen LogP contribution in [0.25, 0.3) is 0 Å². The Labute approximate surface area is 83.8 Å². The number of rotatable bonds is 1. The van der Waals surface area contributed by atoms with Gasteiger partial charge in [0.05, 0.1) is 19.3 Å². The van der Waals surface area contributed by atoms with Crippen LogP contribution in [0.15, 0.2) is 18.2 Å². The zero-order valence-corrected chi connectivity index (χ0v) is 8.38. The monoisotopic (exact) mass is 190 g/mol. The summed E-state index contributed by atoms with van der Waals surface area (Å²) >= 11 is 0. The lowest BCUT2D eigenvalue weighted by molar-refractivity contribution is -0.152. The molecule has 2 nitrogen and oxygen atoms in total. The summed E-state index contributed by atoms with van der Waals surface area (Å²) in [6.07, 6.45) is 3.40. The molecule has 1 saturated heterocycles. The van der Waals surface area contributed by atoms with Gasteiger partial charge in [-0.1, -0.05) is 12.1 Å². The van der Waals surface area contributed by atoms with E-state index in [1.54, 1.807) is 7.11 Å². The molecule has 0 saturated carbocycles. The number of fused-ring (bicyclic) bond motifs is 2. The van der Waals surface area contributed by atoms with Crippen molar-refractivity contribution in [1.82, 2.24) is 0 Å². The Bertz CT molecular complexity index is 367. The third kappa shape index (κ3) is 0.894. The van der Waals surface area contributed by atoms with E-state index in [2.05, 4.69) is 12.1 Å². The van der Waals surface area contributed by atoms with Crippen LogP contribution in [0.5, 0.6) is 5.75 Å². The second kappa shape index (κ2) is 2.74. The third-order valence-corrected chi connectivity index (χ3v) is 3.51. The van der Waals surface area contributed by atoms with E-state index in [0.717, 1.165) is 25.2 Å². The van der Waals surface area contributed by atoms with Gasteiger partial charge in [-0.25, -0.2) is 0 Å². The minimum Gasteiger partial charge on any atom is -0.496 e. The van der Waals surface area contributed by atoms with Crippen molar-refractivity contribution in [3.63, 3.8) is 0 Å². The fourth-order valence-corrected chi connectivity index (χ4v) is 2.66. The molecule has 1 aliphatic carbocycles. The highest BCUT2D eigenvalue weighted by Crippen LogP contribution is 2.49. The molecule has 1 atom stereocenters. The molecule has 0 amide bonds. The van der Waals surface area contributed by atoms with Gasteiger partial charge >= 0.3 is 0 Å². The van der Waals surface area contributed by atoms with E-state index in [9.17, 15) is 0 Å². The van der Waals surface area contributed by atoms with E-state index in [0.29, 0.717) is 0 Å². The average molecular weight is 190 g/mol. The fourth-order valence-electron chi connectivity index (χ4n) is 2.66. The van der Waals surface area contributed by atoms with Crippen LogP contribution in [0.3, 0.4) is 0 Å². The summed E-state index contributed by atoms with van der Waals surface area (Å²) in [7, 11) is 1.74. The Morgan fingerprint density at radius 1 is 1.36 bits per heavy atom. The minimum atomic E-state index is 0.0594. The number of hydrogen-bond donors (Lipinski definition) is 0. The second-order valence-electron chi connectivity index (χ2n) is 4.08. The number of ether oxygens (including phenoxy) is 2. The van der Waals surface area contributed by atoms with Crippen LogP contribution in [-0.4, -0.2) is 13.7 Å². The predicted octanol–water partition coefficient (Wildman–Crippen LogP) is 2.26. The van der Waals surface area contributed by atoms with Gasteiger partial charge in [-0.2, -0.15) is 0 Å². The first kappa shape index (κ1) is 8.30.